The van der Waals surface area contributed by atoms with E-state index in [1.54, 1.807) is 32.1 Å². The van der Waals surface area contributed by atoms with Crippen LogP contribution < -0.4 is 0 Å². The number of fused-ring (bicyclic) bond motifs is 1. The maximum absolute atomic E-state index is 1.62. The lowest BCUT2D eigenvalue weighted by Gasteiger charge is -1.76. The molecule has 3 saturated carbocycles. The van der Waals surface area contributed by atoms with Gasteiger partial charge in [-0.25, -0.2) is 0 Å². The third-order valence-electron chi connectivity index (χ3n) is 3.38. The van der Waals surface area contributed by atoms with Gasteiger partial charge >= 0.3 is 0 Å². The molecule has 3 fully saturated rings. The summed E-state index contributed by atoms with van der Waals surface area (Å²) < 4.78 is 0. The molecule has 0 saturated heterocycles. The monoisotopic (exact) mass is 94.1 g/mol. The van der Waals surface area contributed by atoms with Crippen molar-refractivity contribution in [3.8, 4) is 0 Å². The van der Waals surface area contributed by atoms with Crippen LogP contribution >= 0.6 is 0 Å². The molecule has 0 nitrogen and oxygen atoms in total. The van der Waals surface area contributed by atoms with E-state index in [1.807, 2.05) is 0 Å². The molecule has 0 aromatic rings. The van der Waals surface area contributed by atoms with Crippen LogP contribution in [0.5, 0.6) is 0 Å². The normalized spacial score (nSPS) is 44.6. The first-order valence-corrected chi connectivity index (χ1v) is 3.37. The summed E-state index contributed by atoms with van der Waals surface area (Å²) in [5, 5.41) is 0. The van der Waals surface area contributed by atoms with Gasteiger partial charge in [-0.05, 0) is 42.9 Å². The highest BCUT2D eigenvalue weighted by atomic mass is 14.8. The highest BCUT2D eigenvalue weighted by Crippen LogP contribution is 2.88. The molecule has 0 heterocycles. The zero-order chi connectivity index (χ0) is 4.54. The zero-order valence-corrected chi connectivity index (χ0v) is 4.54. The summed E-state index contributed by atoms with van der Waals surface area (Å²) in [7, 11) is 0. The molecule has 3 aliphatic carbocycles. The van der Waals surface area contributed by atoms with Crippen LogP contribution in [0.4, 0.5) is 0 Å². The summed E-state index contributed by atoms with van der Waals surface area (Å²) >= 11 is 0. The van der Waals surface area contributed by atoms with Crippen LogP contribution in [0.2, 0.25) is 0 Å². The van der Waals surface area contributed by atoms with Gasteiger partial charge in [0.05, 0.1) is 0 Å². The zero-order valence-electron chi connectivity index (χ0n) is 4.54. The second-order valence-corrected chi connectivity index (χ2v) is 3.74. The Labute approximate surface area is 43.9 Å². The average molecular weight is 94.2 g/mol. The van der Waals surface area contributed by atoms with Gasteiger partial charge in [-0.1, -0.05) is 0 Å². The van der Waals surface area contributed by atoms with Gasteiger partial charge in [-0.2, -0.15) is 0 Å². The standard InChI is InChI=1S/C7H10/c1-2-6(1)5-7(6)3-4-7/h1-5H2. The van der Waals surface area contributed by atoms with E-state index in [0.29, 0.717) is 0 Å². The van der Waals surface area contributed by atoms with Crippen molar-refractivity contribution in [2.45, 2.75) is 32.1 Å². The Morgan fingerprint density at radius 1 is 0.714 bits per heavy atom. The Balaban J connectivity index is 2.08. The van der Waals surface area contributed by atoms with E-state index in [9.17, 15) is 0 Å². The van der Waals surface area contributed by atoms with E-state index < -0.39 is 0 Å². The van der Waals surface area contributed by atoms with Gasteiger partial charge in [-0.15, -0.1) is 0 Å². The highest BCUT2D eigenvalue weighted by molar-refractivity contribution is 5.28. The number of hydrogen-bond acceptors (Lipinski definition) is 0. The van der Waals surface area contributed by atoms with Crippen molar-refractivity contribution in [2.24, 2.45) is 10.8 Å². The van der Waals surface area contributed by atoms with Crippen LogP contribution in [0.3, 0.4) is 0 Å². The molecule has 0 amide bonds. The van der Waals surface area contributed by atoms with Crippen LogP contribution in [0.15, 0.2) is 0 Å². The highest BCUT2D eigenvalue weighted by Gasteiger charge is 2.78. The summed E-state index contributed by atoms with van der Waals surface area (Å²) in [6.07, 6.45) is 7.99. The Morgan fingerprint density at radius 3 is 1.29 bits per heavy atom. The number of rotatable bonds is 0. The van der Waals surface area contributed by atoms with Crippen LogP contribution in [0, 0.1) is 10.8 Å². The molecule has 0 atom stereocenters. The van der Waals surface area contributed by atoms with E-state index in [4.69, 9.17) is 0 Å². The van der Waals surface area contributed by atoms with E-state index in [0.717, 1.165) is 10.8 Å². The van der Waals surface area contributed by atoms with Crippen molar-refractivity contribution in [3.63, 3.8) is 0 Å². The minimum atomic E-state index is 1.01. The summed E-state index contributed by atoms with van der Waals surface area (Å²) in [4.78, 5) is 0. The Kier molecular flexibility index (Phi) is 0.231. The second kappa shape index (κ2) is 0.519. The van der Waals surface area contributed by atoms with Gasteiger partial charge in [0.25, 0.3) is 0 Å². The maximum Gasteiger partial charge on any atom is -0.0235 e. The van der Waals surface area contributed by atoms with E-state index >= 15 is 0 Å². The molecule has 0 radical (unpaired) electrons. The van der Waals surface area contributed by atoms with Gasteiger partial charge in [-0.3, -0.25) is 0 Å². The molecule has 3 aliphatic rings. The fraction of sp³-hybridized carbons (Fsp3) is 1.00. The van der Waals surface area contributed by atoms with Gasteiger partial charge in [0.2, 0.25) is 0 Å². The van der Waals surface area contributed by atoms with Crippen molar-refractivity contribution in [2.75, 3.05) is 0 Å². The smallest absolute Gasteiger partial charge is 0.0235 e. The third kappa shape index (κ3) is 0.181. The molecule has 0 unspecified atom stereocenters. The molecule has 38 valence electrons. The first kappa shape index (κ1) is 3.11. The van der Waals surface area contributed by atoms with Crippen LogP contribution in [0.1, 0.15) is 32.1 Å². The Morgan fingerprint density at radius 2 is 1.14 bits per heavy atom. The molecule has 0 aromatic carbocycles. The fourth-order valence-corrected chi connectivity index (χ4v) is 2.32. The molecule has 0 bridgehead atoms. The van der Waals surface area contributed by atoms with Gasteiger partial charge in [0.1, 0.15) is 0 Å². The first-order valence-electron chi connectivity index (χ1n) is 3.37. The lowest BCUT2D eigenvalue weighted by Crippen LogP contribution is -1.70. The molecule has 0 heteroatoms. The topological polar surface area (TPSA) is 0 Å². The van der Waals surface area contributed by atoms with Crippen LogP contribution in [0.25, 0.3) is 0 Å². The van der Waals surface area contributed by atoms with Crippen molar-refractivity contribution in [1.82, 2.24) is 0 Å². The van der Waals surface area contributed by atoms with Gasteiger partial charge in [0.15, 0.2) is 0 Å². The largest absolute Gasteiger partial charge is 0.0465 e. The lowest BCUT2D eigenvalue weighted by atomic mass is 10.3. The molecule has 7 heavy (non-hydrogen) atoms. The minimum Gasteiger partial charge on any atom is -0.0465 e. The molecular formula is C7H10. The molecule has 0 aliphatic heterocycles. The Bertz CT molecular complexity index is 111. The van der Waals surface area contributed by atoms with E-state index in [2.05, 4.69) is 0 Å². The predicted octanol–water partition coefficient (Wildman–Crippen LogP) is 1.95. The molecule has 2 spiro atoms. The summed E-state index contributed by atoms with van der Waals surface area (Å²) in [6.45, 7) is 0. The van der Waals surface area contributed by atoms with Crippen molar-refractivity contribution < 1.29 is 0 Å². The van der Waals surface area contributed by atoms with Crippen molar-refractivity contribution in [1.29, 1.82) is 0 Å². The molecule has 0 aromatic heterocycles. The maximum atomic E-state index is 1.62. The fourth-order valence-electron chi connectivity index (χ4n) is 2.32. The molecule has 3 rings (SSSR count). The van der Waals surface area contributed by atoms with Gasteiger partial charge < -0.3 is 0 Å². The van der Waals surface area contributed by atoms with Crippen molar-refractivity contribution in [3.05, 3.63) is 0 Å². The average Bonchev–Trinajstić information content (AvgIpc) is 2.38. The lowest BCUT2D eigenvalue weighted by molar-refractivity contribution is 0.716. The molecule has 0 N–H and O–H groups in total. The summed E-state index contributed by atoms with van der Waals surface area (Å²) in [5.74, 6) is 0. The van der Waals surface area contributed by atoms with E-state index in [1.165, 1.54) is 0 Å². The van der Waals surface area contributed by atoms with Crippen molar-refractivity contribution >= 4 is 0 Å². The first-order chi connectivity index (χ1) is 3.37. The second-order valence-electron chi connectivity index (χ2n) is 3.74. The van der Waals surface area contributed by atoms with Crippen LogP contribution in [-0.2, 0) is 0 Å². The number of hydrogen-bond donors (Lipinski definition) is 0. The Hall–Kier alpha value is 0. The summed E-state index contributed by atoms with van der Waals surface area (Å²) in [6, 6.07) is 0. The van der Waals surface area contributed by atoms with E-state index in [-0.39, 0.29) is 0 Å². The molecular weight excluding hydrogens is 84.1 g/mol. The minimum absolute atomic E-state index is 1.01. The summed E-state index contributed by atoms with van der Waals surface area (Å²) in [5.41, 5.74) is 2.01. The third-order valence-corrected chi connectivity index (χ3v) is 3.38. The quantitative estimate of drug-likeness (QED) is 0.430. The van der Waals surface area contributed by atoms with Gasteiger partial charge in [0, 0.05) is 0 Å². The van der Waals surface area contributed by atoms with Crippen LogP contribution in [-0.4, -0.2) is 0 Å². The SMILES string of the molecule is C1CC12CC21CC1. The predicted molar refractivity (Wildman–Crippen MR) is 28.0 cm³/mol.